The van der Waals surface area contributed by atoms with Crippen molar-refractivity contribution in [2.24, 2.45) is 0 Å². The monoisotopic (exact) mass is 237 g/mol. The average molecular weight is 237 g/mol. The summed E-state index contributed by atoms with van der Waals surface area (Å²) < 4.78 is 1.36. The van der Waals surface area contributed by atoms with Gasteiger partial charge in [0.2, 0.25) is 0 Å². The van der Waals surface area contributed by atoms with Gasteiger partial charge in [-0.1, -0.05) is 32.8 Å². The molecule has 0 amide bonds. The number of carboxylic acids is 1. The Labute approximate surface area is 101 Å². The molecule has 0 bridgehead atoms. The topological polar surface area (TPSA) is 59.3 Å². The zero-order valence-electron chi connectivity index (χ0n) is 10.3. The first kappa shape index (κ1) is 13.5. The lowest BCUT2D eigenvalue weighted by atomic mass is 9.88. The van der Waals surface area contributed by atoms with Crippen molar-refractivity contribution in [2.45, 2.75) is 45.1 Å². The van der Waals surface area contributed by atoms with Crippen LogP contribution in [-0.4, -0.2) is 15.6 Å². The van der Waals surface area contributed by atoms with E-state index in [4.69, 9.17) is 0 Å². The van der Waals surface area contributed by atoms with Crippen LogP contribution in [0.15, 0.2) is 29.2 Å². The fourth-order valence-corrected chi connectivity index (χ4v) is 2.29. The summed E-state index contributed by atoms with van der Waals surface area (Å²) in [5.41, 5.74) is -1.35. The standard InChI is InChI=1S/C13H19NO3/c1-3-8-13(9-4-2,12(16)17)14-10-6-5-7-11(14)15/h5-7,10H,3-4,8-9H2,1-2H3,(H,16,17). The Morgan fingerprint density at radius 1 is 1.29 bits per heavy atom. The van der Waals surface area contributed by atoms with Crippen LogP contribution in [0.1, 0.15) is 39.5 Å². The van der Waals surface area contributed by atoms with Crippen LogP contribution in [0, 0.1) is 0 Å². The van der Waals surface area contributed by atoms with Crippen molar-refractivity contribution in [3.8, 4) is 0 Å². The number of carbonyl (C=O) groups is 1. The Bertz CT molecular complexity index is 430. The first-order valence-corrected chi connectivity index (χ1v) is 6.00. The molecule has 1 N–H and O–H groups in total. The molecule has 94 valence electrons. The summed E-state index contributed by atoms with van der Waals surface area (Å²) in [7, 11) is 0. The van der Waals surface area contributed by atoms with Gasteiger partial charge in [-0.05, 0) is 18.9 Å². The van der Waals surface area contributed by atoms with Crippen molar-refractivity contribution in [2.75, 3.05) is 0 Å². The second kappa shape index (κ2) is 5.66. The van der Waals surface area contributed by atoms with Gasteiger partial charge in [0, 0.05) is 12.3 Å². The molecule has 0 fully saturated rings. The van der Waals surface area contributed by atoms with E-state index in [0.29, 0.717) is 12.8 Å². The van der Waals surface area contributed by atoms with Crippen LogP contribution in [0.25, 0.3) is 0 Å². The third-order valence-electron chi connectivity index (χ3n) is 3.01. The van der Waals surface area contributed by atoms with Crippen molar-refractivity contribution >= 4 is 5.97 Å². The molecule has 1 heterocycles. The largest absolute Gasteiger partial charge is 0.479 e. The number of rotatable bonds is 6. The van der Waals surface area contributed by atoms with Crippen molar-refractivity contribution in [3.05, 3.63) is 34.7 Å². The van der Waals surface area contributed by atoms with Gasteiger partial charge in [0.15, 0.2) is 0 Å². The number of hydrogen-bond acceptors (Lipinski definition) is 2. The maximum atomic E-state index is 11.8. The number of pyridine rings is 1. The Kier molecular flexibility index (Phi) is 4.49. The van der Waals surface area contributed by atoms with E-state index in [2.05, 4.69) is 0 Å². The maximum absolute atomic E-state index is 11.8. The second-order valence-electron chi connectivity index (χ2n) is 4.25. The fourth-order valence-electron chi connectivity index (χ4n) is 2.29. The number of hydrogen-bond donors (Lipinski definition) is 1. The van der Waals surface area contributed by atoms with E-state index in [1.807, 2.05) is 13.8 Å². The van der Waals surface area contributed by atoms with Crippen LogP contribution >= 0.6 is 0 Å². The molecule has 17 heavy (non-hydrogen) atoms. The normalized spacial score (nSPS) is 11.4. The van der Waals surface area contributed by atoms with Crippen molar-refractivity contribution in [1.82, 2.24) is 4.57 Å². The van der Waals surface area contributed by atoms with Crippen molar-refractivity contribution in [3.63, 3.8) is 0 Å². The smallest absolute Gasteiger partial charge is 0.329 e. The predicted molar refractivity (Wildman–Crippen MR) is 66.1 cm³/mol. The molecule has 0 aliphatic rings. The second-order valence-corrected chi connectivity index (χ2v) is 4.25. The molecule has 1 rings (SSSR count). The Hall–Kier alpha value is -1.58. The lowest BCUT2D eigenvalue weighted by Gasteiger charge is -2.31. The minimum absolute atomic E-state index is 0.253. The summed E-state index contributed by atoms with van der Waals surface area (Å²) >= 11 is 0. The fraction of sp³-hybridized carbons (Fsp3) is 0.538. The number of nitrogens with zero attached hydrogens (tertiary/aromatic N) is 1. The molecule has 0 unspecified atom stereocenters. The molecule has 0 aliphatic carbocycles. The molecule has 0 radical (unpaired) electrons. The van der Waals surface area contributed by atoms with Gasteiger partial charge in [0.05, 0.1) is 0 Å². The minimum Gasteiger partial charge on any atom is -0.479 e. The zero-order valence-corrected chi connectivity index (χ0v) is 10.3. The molecule has 1 aromatic rings. The molecule has 0 saturated carbocycles. The first-order chi connectivity index (χ1) is 8.08. The predicted octanol–water partition coefficient (Wildman–Crippen LogP) is 2.23. The van der Waals surface area contributed by atoms with Crippen molar-refractivity contribution < 1.29 is 9.90 Å². The summed E-state index contributed by atoms with van der Waals surface area (Å²) in [4.78, 5) is 23.4. The highest BCUT2D eigenvalue weighted by atomic mass is 16.4. The van der Waals surface area contributed by atoms with Crippen LogP contribution in [-0.2, 0) is 10.3 Å². The van der Waals surface area contributed by atoms with Gasteiger partial charge in [-0.25, -0.2) is 4.79 Å². The lowest BCUT2D eigenvalue weighted by Crippen LogP contribution is -2.47. The number of aromatic nitrogens is 1. The quantitative estimate of drug-likeness (QED) is 0.825. The molecule has 4 nitrogen and oxygen atoms in total. The van der Waals surface area contributed by atoms with Crippen LogP contribution in [0.4, 0.5) is 0 Å². The number of carboxylic acid groups (broad SMARTS) is 1. The SMILES string of the molecule is CCCC(CCC)(C(=O)O)n1ccccc1=O. The molecule has 0 aromatic carbocycles. The van der Waals surface area contributed by atoms with Gasteiger partial charge in [0.25, 0.3) is 5.56 Å². The highest BCUT2D eigenvalue weighted by Crippen LogP contribution is 2.27. The summed E-state index contributed by atoms with van der Waals surface area (Å²) in [5, 5.41) is 9.50. The molecule has 1 aromatic heterocycles. The van der Waals surface area contributed by atoms with E-state index in [0.717, 1.165) is 12.8 Å². The Balaban J connectivity index is 3.35. The summed E-state index contributed by atoms with van der Waals surface area (Å²) in [5.74, 6) is -0.922. The van der Waals surface area contributed by atoms with Crippen molar-refractivity contribution in [1.29, 1.82) is 0 Å². The van der Waals surface area contributed by atoms with Crippen LogP contribution in [0.2, 0.25) is 0 Å². The summed E-state index contributed by atoms with van der Waals surface area (Å²) in [6.45, 7) is 3.86. The molecular weight excluding hydrogens is 218 g/mol. The average Bonchev–Trinajstić information content (AvgIpc) is 2.29. The van der Waals surface area contributed by atoms with Gasteiger partial charge in [-0.2, -0.15) is 0 Å². The Morgan fingerprint density at radius 2 is 1.88 bits per heavy atom. The lowest BCUT2D eigenvalue weighted by molar-refractivity contribution is -0.148. The molecule has 0 aliphatic heterocycles. The summed E-state index contributed by atoms with van der Waals surface area (Å²) in [6.07, 6.45) is 3.98. The molecule has 0 spiro atoms. The van der Waals surface area contributed by atoms with Gasteiger partial charge < -0.3 is 5.11 Å². The van der Waals surface area contributed by atoms with E-state index in [9.17, 15) is 14.7 Å². The number of aliphatic carboxylic acids is 1. The van der Waals surface area contributed by atoms with Gasteiger partial charge in [-0.15, -0.1) is 0 Å². The van der Waals surface area contributed by atoms with Gasteiger partial charge >= 0.3 is 5.97 Å². The van der Waals surface area contributed by atoms with Gasteiger partial charge in [0.1, 0.15) is 5.54 Å². The molecule has 0 atom stereocenters. The third kappa shape index (κ3) is 2.57. The van der Waals surface area contributed by atoms with E-state index in [-0.39, 0.29) is 5.56 Å². The third-order valence-corrected chi connectivity index (χ3v) is 3.01. The van der Waals surface area contributed by atoms with E-state index >= 15 is 0 Å². The van der Waals surface area contributed by atoms with E-state index < -0.39 is 11.5 Å². The van der Waals surface area contributed by atoms with E-state index in [1.54, 1.807) is 18.3 Å². The highest BCUT2D eigenvalue weighted by molar-refractivity contribution is 5.76. The molecule has 4 heteroatoms. The first-order valence-electron chi connectivity index (χ1n) is 6.00. The molecular formula is C13H19NO3. The minimum atomic E-state index is -1.10. The zero-order chi connectivity index (χ0) is 12.9. The highest BCUT2D eigenvalue weighted by Gasteiger charge is 2.39. The summed E-state index contributed by atoms with van der Waals surface area (Å²) in [6, 6.07) is 4.73. The molecule has 0 saturated heterocycles. The maximum Gasteiger partial charge on any atom is 0.329 e. The van der Waals surface area contributed by atoms with Crippen LogP contribution in [0.5, 0.6) is 0 Å². The van der Waals surface area contributed by atoms with Crippen LogP contribution < -0.4 is 5.56 Å². The van der Waals surface area contributed by atoms with E-state index in [1.165, 1.54) is 10.6 Å². The Morgan fingerprint density at radius 3 is 2.29 bits per heavy atom. The van der Waals surface area contributed by atoms with Crippen LogP contribution in [0.3, 0.4) is 0 Å². The van der Waals surface area contributed by atoms with Gasteiger partial charge in [-0.3, -0.25) is 9.36 Å².